The first-order valence-electron chi connectivity index (χ1n) is 9.02. The van der Waals surface area contributed by atoms with E-state index in [0.717, 1.165) is 0 Å². The number of rotatable bonds is 0. The van der Waals surface area contributed by atoms with Crippen molar-refractivity contribution >= 4 is 11.9 Å². The highest BCUT2D eigenvalue weighted by atomic mass is 16.6. The van der Waals surface area contributed by atoms with Crippen molar-refractivity contribution in [2.45, 2.75) is 57.8 Å². The van der Waals surface area contributed by atoms with Crippen molar-refractivity contribution in [1.82, 2.24) is 0 Å². The Bertz CT molecular complexity index is 600. The van der Waals surface area contributed by atoms with Gasteiger partial charge in [-0.25, -0.2) is 9.59 Å². The molecule has 7 nitrogen and oxygen atoms in total. The van der Waals surface area contributed by atoms with Crippen molar-refractivity contribution in [3.05, 3.63) is 16.9 Å². The molecule has 3 aliphatic heterocycles. The molecule has 3 saturated heterocycles. The van der Waals surface area contributed by atoms with Gasteiger partial charge in [0.05, 0.1) is 19.0 Å². The molecule has 0 spiro atoms. The minimum Gasteiger partial charge on any atom is -0.632 e. The number of esters is 2. The Morgan fingerprint density at radius 2 is 2.00 bits per heavy atom. The summed E-state index contributed by atoms with van der Waals surface area (Å²) in [5.41, 5.74) is -1.29. The van der Waals surface area contributed by atoms with Crippen LogP contribution in [-0.4, -0.2) is 59.1 Å². The number of carbonyl (C=O) groups excluding carboxylic acids is 2. The van der Waals surface area contributed by atoms with Crippen molar-refractivity contribution in [3.63, 3.8) is 0 Å². The molecule has 0 aromatic carbocycles. The van der Waals surface area contributed by atoms with Crippen molar-refractivity contribution in [2.24, 2.45) is 11.8 Å². The van der Waals surface area contributed by atoms with Crippen molar-refractivity contribution in [1.29, 1.82) is 0 Å². The van der Waals surface area contributed by atoms with Crippen LogP contribution in [0.4, 0.5) is 0 Å². The third-order valence-corrected chi connectivity index (χ3v) is 6.27. The molecule has 0 radical (unpaired) electrons. The van der Waals surface area contributed by atoms with Gasteiger partial charge in [-0.1, -0.05) is 13.0 Å². The summed E-state index contributed by atoms with van der Waals surface area (Å²) in [7, 11) is 0. The number of carbonyl (C=O) groups is 2. The van der Waals surface area contributed by atoms with Crippen molar-refractivity contribution in [3.8, 4) is 0 Å². The van der Waals surface area contributed by atoms with Gasteiger partial charge < -0.3 is 24.4 Å². The number of aliphatic hydroxyl groups is 1. The van der Waals surface area contributed by atoms with E-state index in [1.54, 1.807) is 19.9 Å². The topological polar surface area (TPSA) is 95.9 Å². The zero-order valence-corrected chi connectivity index (χ0v) is 15.1. The Kier molecular flexibility index (Phi) is 4.68. The monoisotopic (exact) mass is 353 g/mol. The summed E-state index contributed by atoms with van der Waals surface area (Å²) in [4.78, 5) is 25.0. The van der Waals surface area contributed by atoms with E-state index in [4.69, 9.17) is 9.47 Å². The molecule has 0 aliphatic carbocycles. The number of cyclic esters (lactones) is 1. The second-order valence-corrected chi connectivity index (χ2v) is 7.84. The quantitative estimate of drug-likeness (QED) is 0.305. The van der Waals surface area contributed by atoms with Gasteiger partial charge in [-0.2, -0.15) is 0 Å². The molecule has 0 bridgehead atoms. The molecule has 6 atom stereocenters. The van der Waals surface area contributed by atoms with Crippen molar-refractivity contribution < 1.29 is 28.8 Å². The number of nitrogens with zero attached hydrogens (tertiary/aromatic N) is 1. The minimum absolute atomic E-state index is 0.0825. The van der Waals surface area contributed by atoms with Crippen LogP contribution in [0.1, 0.15) is 40.0 Å². The first-order chi connectivity index (χ1) is 11.7. The van der Waals surface area contributed by atoms with Gasteiger partial charge in [-0.05, 0) is 26.2 Å². The zero-order valence-electron chi connectivity index (χ0n) is 15.1. The summed E-state index contributed by atoms with van der Waals surface area (Å²) in [5, 5.41) is 23.5. The standard InChI is InChI=1S/C18H27NO6/c1-4-12-9-11(2)18(3,22)17(21)24-10-13-5-7-19(23)8-6-14(15(13)19)25-16(12)20/h4,11,13-15,22H,5-10H2,1-3H3/b12-4-/t11-,13-,14-,15-,18+,19?/m1/s1. The van der Waals surface area contributed by atoms with E-state index < -0.39 is 35.6 Å². The Hall–Kier alpha value is -1.44. The van der Waals surface area contributed by atoms with E-state index in [2.05, 4.69) is 0 Å². The summed E-state index contributed by atoms with van der Waals surface area (Å²) in [6.45, 7) is 5.79. The molecular weight excluding hydrogens is 326 g/mol. The Labute approximate surface area is 147 Å². The number of ether oxygens (including phenoxy) is 2. The van der Waals surface area contributed by atoms with Gasteiger partial charge in [0.15, 0.2) is 11.7 Å². The second kappa shape index (κ2) is 6.37. The molecule has 0 aromatic rings. The van der Waals surface area contributed by atoms with Crippen LogP contribution in [0.25, 0.3) is 0 Å². The molecule has 0 amide bonds. The molecule has 3 rings (SSSR count). The summed E-state index contributed by atoms with van der Waals surface area (Å²) in [6.07, 6.45) is 2.57. The number of hydrogen-bond donors (Lipinski definition) is 1. The average Bonchev–Trinajstić information content (AvgIpc) is 3.05. The van der Waals surface area contributed by atoms with Crippen LogP contribution in [0.15, 0.2) is 11.6 Å². The van der Waals surface area contributed by atoms with E-state index in [1.807, 2.05) is 0 Å². The molecular formula is C18H27NO6. The lowest BCUT2D eigenvalue weighted by atomic mass is 9.85. The Morgan fingerprint density at radius 1 is 1.32 bits per heavy atom. The van der Waals surface area contributed by atoms with Crippen LogP contribution in [-0.2, 0) is 19.1 Å². The fraction of sp³-hybridized carbons (Fsp3) is 0.778. The molecule has 1 unspecified atom stereocenters. The second-order valence-electron chi connectivity index (χ2n) is 7.84. The number of quaternary nitrogens is 1. The molecule has 140 valence electrons. The van der Waals surface area contributed by atoms with Crippen LogP contribution >= 0.6 is 0 Å². The predicted molar refractivity (Wildman–Crippen MR) is 88.9 cm³/mol. The lowest BCUT2D eigenvalue weighted by molar-refractivity contribution is -0.882. The molecule has 25 heavy (non-hydrogen) atoms. The highest BCUT2D eigenvalue weighted by Gasteiger charge is 2.55. The largest absolute Gasteiger partial charge is 0.632 e. The third-order valence-electron chi connectivity index (χ3n) is 6.27. The van der Waals surface area contributed by atoms with Gasteiger partial charge in [0.2, 0.25) is 0 Å². The van der Waals surface area contributed by atoms with Gasteiger partial charge in [-0.3, -0.25) is 0 Å². The maximum Gasteiger partial charge on any atom is 0.338 e. The molecule has 7 heteroatoms. The molecule has 3 heterocycles. The number of hydroxylamine groups is 3. The maximum absolute atomic E-state index is 13.0. The third kappa shape index (κ3) is 3.09. The van der Waals surface area contributed by atoms with E-state index in [1.165, 1.54) is 6.92 Å². The van der Waals surface area contributed by atoms with E-state index in [-0.39, 0.29) is 23.6 Å². The summed E-state index contributed by atoms with van der Waals surface area (Å²) in [5.74, 6) is -1.81. The van der Waals surface area contributed by atoms with Gasteiger partial charge in [0, 0.05) is 18.4 Å². The van der Waals surface area contributed by atoms with Crippen LogP contribution in [0.2, 0.25) is 0 Å². The fourth-order valence-electron chi connectivity index (χ4n) is 4.37. The van der Waals surface area contributed by atoms with Gasteiger partial charge in [0.25, 0.3) is 0 Å². The SMILES string of the molecule is C/C=C1/C[C@@H](C)[C@](C)(O)C(=O)OC[C@H]2CC[N+]3([O-])CC[C@@H](OC1=O)[C@@H]23. The normalized spacial score (nSPS) is 46.8. The average molecular weight is 353 g/mol. The smallest absolute Gasteiger partial charge is 0.338 e. The van der Waals surface area contributed by atoms with Crippen LogP contribution in [0.3, 0.4) is 0 Å². The lowest BCUT2D eigenvalue weighted by Crippen LogP contribution is -2.50. The van der Waals surface area contributed by atoms with Gasteiger partial charge >= 0.3 is 11.9 Å². The highest BCUT2D eigenvalue weighted by Crippen LogP contribution is 2.42. The summed E-state index contributed by atoms with van der Waals surface area (Å²) >= 11 is 0. The minimum atomic E-state index is -1.70. The van der Waals surface area contributed by atoms with Crippen molar-refractivity contribution in [2.75, 3.05) is 19.7 Å². The van der Waals surface area contributed by atoms with Crippen LogP contribution < -0.4 is 0 Å². The van der Waals surface area contributed by atoms with Gasteiger partial charge in [-0.15, -0.1) is 0 Å². The molecule has 1 N–H and O–H groups in total. The summed E-state index contributed by atoms with van der Waals surface area (Å²) < 4.78 is 10.7. The van der Waals surface area contributed by atoms with E-state index in [9.17, 15) is 19.9 Å². The van der Waals surface area contributed by atoms with Gasteiger partial charge in [0.1, 0.15) is 12.6 Å². The fourth-order valence-corrected chi connectivity index (χ4v) is 4.37. The lowest BCUT2D eigenvalue weighted by Gasteiger charge is -2.41. The molecule has 3 fully saturated rings. The molecule has 3 aliphatic rings. The Balaban J connectivity index is 1.92. The molecule has 0 saturated carbocycles. The van der Waals surface area contributed by atoms with E-state index in [0.29, 0.717) is 31.5 Å². The van der Waals surface area contributed by atoms with Crippen LogP contribution in [0, 0.1) is 17.0 Å². The molecule has 0 aromatic heterocycles. The first kappa shape index (κ1) is 18.4. The number of hydrogen-bond acceptors (Lipinski definition) is 6. The number of allylic oxidation sites excluding steroid dienone is 1. The zero-order chi connectivity index (χ0) is 18.4. The Morgan fingerprint density at radius 3 is 2.68 bits per heavy atom. The van der Waals surface area contributed by atoms with E-state index >= 15 is 0 Å². The highest BCUT2D eigenvalue weighted by molar-refractivity contribution is 5.89. The summed E-state index contributed by atoms with van der Waals surface area (Å²) in [6, 6.07) is -0.392. The maximum atomic E-state index is 13.0. The predicted octanol–water partition coefficient (Wildman–Crippen LogP) is 1.29. The first-order valence-corrected chi connectivity index (χ1v) is 9.02. The van der Waals surface area contributed by atoms with Crippen LogP contribution in [0.5, 0.6) is 0 Å².